The number of halogens is 1. The van der Waals surface area contributed by atoms with Crippen molar-refractivity contribution in [2.24, 2.45) is 5.10 Å². The normalized spacial score (nSPS) is 15.1. The molecular formula is C18H19IN6O. The van der Waals surface area contributed by atoms with E-state index in [1.165, 1.54) is 5.56 Å². The van der Waals surface area contributed by atoms with Gasteiger partial charge in [0.1, 0.15) is 9.39 Å². The molecule has 0 bridgehead atoms. The molecule has 1 fully saturated rings. The lowest BCUT2D eigenvalue weighted by Gasteiger charge is -2.28. The van der Waals surface area contributed by atoms with Crippen molar-refractivity contribution in [3.63, 3.8) is 0 Å². The number of aryl methyl sites for hydroxylation is 1. The van der Waals surface area contributed by atoms with Gasteiger partial charge in [-0.1, -0.05) is 29.8 Å². The van der Waals surface area contributed by atoms with Gasteiger partial charge >= 0.3 is 0 Å². The molecule has 1 N–H and O–H groups in total. The largest absolute Gasteiger partial charge is 0.378 e. The summed E-state index contributed by atoms with van der Waals surface area (Å²) in [5, 5.41) is 9.12. The number of morpholine rings is 1. The Morgan fingerprint density at radius 1 is 1.27 bits per heavy atom. The average molecular weight is 462 g/mol. The van der Waals surface area contributed by atoms with Crippen molar-refractivity contribution in [1.29, 1.82) is 0 Å². The van der Waals surface area contributed by atoms with Gasteiger partial charge in [0.15, 0.2) is 11.5 Å². The van der Waals surface area contributed by atoms with Gasteiger partial charge < -0.3 is 9.64 Å². The highest BCUT2D eigenvalue weighted by molar-refractivity contribution is 14.1. The van der Waals surface area contributed by atoms with Crippen LogP contribution in [0.15, 0.2) is 41.6 Å². The molecule has 0 amide bonds. The van der Waals surface area contributed by atoms with E-state index in [-0.39, 0.29) is 0 Å². The summed E-state index contributed by atoms with van der Waals surface area (Å²) in [6.45, 7) is 5.16. The Hall–Kier alpha value is -2.20. The lowest BCUT2D eigenvalue weighted by atomic mass is 10.2. The molecular weight excluding hydrogens is 443 g/mol. The smallest absolute Gasteiger partial charge is 0.180 e. The van der Waals surface area contributed by atoms with E-state index in [2.05, 4.69) is 62.1 Å². The van der Waals surface area contributed by atoms with Crippen LogP contribution >= 0.6 is 22.6 Å². The summed E-state index contributed by atoms with van der Waals surface area (Å²) in [6.07, 6.45) is 3.62. The van der Waals surface area contributed by atoms with Gasteiger partial charge in [-0.2, -0.15) is 5.10 Å². The van der Waals surface area contributed by atoms with E-state index in [0.29, 0.717) is 0 Å². The number of nitrogens with zero attached hydrogens (tertiary/aromatic N) is 5. The van der Waals surface area contributed by atoms with Gasteiger partial charge in [-0.3, -0.25) is 5.43 Å². The molecule has 4 rings (SSSR count). The van der Waals surface area contributed by atoms with Gasteiger partial charge in [0, 0.05) is 19.2 Å². The molecule has 1 aliphatic heterocycles. The maximum absolute atomic E-state index is 5.44. The zero-order chi connectivity index (χ0) is 17.9. The van der Waals surface area contributed by atoms with Gasteiger partial charge in [-0.25, -0.2) is 9.50 Å². The number of hydrazone groups is 1. The zero-order valence-corrected chi connectivity index (χ0v) is 16.5. The third-order valence-corrected chi connectivity index (χ3v) is 4.92. The highest BCUT2D eigenvalue weighted by Crippen LogP contribution is 2.24. The van der Waals surface area contributed by atoms with Gasteiger partial charge in [-0.05, 0) is 35.1 Å². The van der Waals surface area contributed by atoms with Crippen LogP contribution in [0, 0.1) is 10.6 Å². The number of fused-ring (bicyclic) bond motifs is 1. The summed E-state index contributed by atoms with van der Waals surface area (Å²) >= 11 is 2.24. The Morgan fingerprint density at radius 2 is 2.12 bits per heavy atom. The molecule has 1 saturated heterocycles. The van der Waals surface area contributed by atoms with Crippen LogP contribution in [-0.4, -0.2) is 47.1 Å². The van der Waals surface area contributed by atoms with Crippen LogP contribution in [0.3, 0.4) is 0 Å². The minimum absolute atomic E-state index is 0.717. The van der Waals surface area contributed by atoms with Crippen LogP contribution in [0.4, 0.5) is 11.5 Å². The Kier molecular flexibility index (Phi) is 5.02. The van der Waals surface area contributed by atoms with E-state index in [0.717, 1.165) is 52.7 Å². The highest BCUT2D eigenvalue weighted by atomic mass is 127. The SMILES string of the molecule is Cc1cccc(C=NNc2cc(N3CCOCC3)nn3c(I)cnc23)c1. The topological polar surface area (TPSA) is 67.0 Å². The van der Waals surface area contributed by atoms with E-state index in [1.54, 1.807) is 6.20 Å². The van der Waals surface area contributed by atoms with Crippen LogP contribution < -0.4 is 10.3 Å². The van der Waals surface area contributed by atoms with E-state index < -0.39 is 0 Å². The van der Waals surface area contributed by atoms with Gasteiger partial charge in [-0.15, -0.1) is 5.10 Å². The molecule has 7 nitrogen and oxygen atoms in total. The molecule has 0 aliphatic carbocycles. The van der Waals surface area contributed by atoms with Crippen LogP contribution in [-0.2, 0) is 4.74 Å². The minimum Gasteiger partial charge on any atom is -0.378 e. The van der Waals surface area contributed by atoms with Crippen LogP contribution in [0.1, 0.15) is 11.1 Å². The van der Waals surface area contributed by atoms with Gasteiger partial charge in [0.05, 0.1) is 25.6 Å². The number of imidazole rings is 1. The van der Waals surface area contributed by atoms with Crippen molar-refractivity contribution in [3.8, 4) is 0 Å². The van der Waals surface area contributed by atoms with Crippen molar-refractivity contribution < 1.29 is 4.74 Å². The lowest BCUT2D eigenvalue weighted by Crippen LogP contribution is -2.37. The second-order valence-electron chi connectivity index (χ2n) is 6.12. The van der Waals surface area contributed by atoms with Crippen molar-refractivity contribution >= 4 is 46.0 Å². The number of hydrogen-bond acceptors (Lipinski definition) is 6. The number of anilines is 2. The second-order valence-corrected chi connectivity index (χ2v) is 7.22. The predicted octanol–water partition coefficient (Wildman–Crippen LogP) is 2.92. The molecule has 1 aromatic carbocycles. The summed E-state index contributed by atoms with van der Waals surface area (Å²) in [5.41, 5.74) is 6.97. The Morgan fingerprint density at radius 3 is 2.92 bits per heavy atom. The maximum atomic E-state index is 5.44. The van der Waals surface area contributed by atoms with Gasteiger partial charge in [0.2, 0.25) is 0 Å². The van der Waals surface area contributed by atoms with Crippen LogP contribution in [0.2, 0.25) is 0 Å². The molecule has 0 spiro atoms. The Labute approximate surface area is 165 Å². The Bertz CT molecular complexity index is 948. The van der Waals surface area contributed by atoms with Crippen molar-refractivity contribution in [2.75, 3.05) is 36.6 Å². The summed E-state index contributed by atoms with van der Waals surface area (Å²) in [7, 11) is 0. The highest BCUT2D eigenvalue weighted by Gasteiger charge is 2.16. The number of benzene rings is 1. The van der Waals surface area contributed by atoms with Crippen molar-refractivity contribution in [1.82, 2.24) is 14.6 Å². The van der Waals surface area contributed by atoms with E-state index >= 15 is 0 Å². The van der Waals surface area contributed by atoms with Crippen LogP contribution in [0.25, 0.3) is 5.65 Å². The first kappa shape index (κ1) is 17.2. The fourth-order valence-corrected chi connectivity index (χ4v) is 3.36. The van der Waals surface area contributed by atoms with E-state index in [9.17, 15) is 0 Å². The summed E-state index contributed by atoms with van der Waals surface area (Å²) < 4.78 is 8.24. The first-order chi connectivity index (χ1) is 12.7. The third kappa shape index (κ3) is 3.65. The lowest BCUT2D eigenvalue weighted by molar-refractivity contribution is 0.122. The number of aromatic nitrogens is 3. The number of hydrogen-bond donors (Lipinski definition) is 1. The molecule has 8 heteroatoms. The molecule has 0 unspecified atom stereocenters. The zero-order valence-electron chi connectivity index (χ0n) is 14.4. The molecule has 0 radical (unpaired) electrons. The van der Waals surface area contributed by atoms with E-state index in [1.807, 2.05) is 28.9 Å². The standard InChI is InChI=1S/C18H19IN6O/c1-13-3-2-4-14(9-13)11-21-22-15-10-17(24-5-7-26-8-6-24)23-25-16(19)12-20-18(15)25/h2-4,9-12,22H,5-8H2,1H3. The first-order valence-electron chi connectivity index (χ1n) is 8.43. The van der Waals surface area contributed by atoms with Gasteiger partial charge in [0.25, 0.3) is 0 Å². The molecule has 1 aliphatic rings. The molecule has 26 heavy (non-hydrogen) atoms. The van der Waals surface area contributed by atoms with E-state index in [4.69, 9.17) is 9.84 Å². The fourth-order valence-electron chi connectivity index (χ4n) is 2.88. The first-order valence-corrected chi connectivity index (χ1v) is 9.51. The number of nitrogens with one attached hydrogen (secondary N) is 1. The number of ether oxygens (including phenoxy) is 1. The monoisotopic (exact) mass is 462 g/mol. The molecule has 2 aromatic heterocycles. The maximum Gasteiger partial charge on any atom is 0.180 e. The van der Waals surface area contributed by atoms with Crippen molar-refractivity contribution in [3.05, 3.63) is 51.4 Å². The third-order valence-electron chi connectivity index (χ3n) is 4.19. The summed E-state index contributed by atoms with van der Waals surface area (Å²) in [6, 6.07) is 10.2. The molecule has 0 atom stereocenters. The van der Waals surface area contributed by atoms with Crippen LogP contribution in [0.5, 0.6) is 0 Å². The second kappa shape index (κ2) is 7.58. The molecule has 0 saturated carbocycles. The quantitative estimate of drug-likeness (QED) is 0.367. The Balaban J connectivity index is 1.64. The minimum atomic E-state index is 0.717. The number of rotatable bonds is 4. The molecule has 3 heterocycles. The summed E-state index contributed by atoms with van der Waals surface area (Å²) in [5.74, 6) is 0.893. The fraction of sp³-hybridized carbons (Fsp3) is 0.278. The molecule has 3 aromatic rings. The summed E-state index contributed by atoms with van der Waals surface area (Å²) in [4.78, 5) is 6.67. The molecule has 134 valence electrons. The predicted molar refractivity (Wildman–Crippen MR) is 111 cm³/mol. The average Bonchev–Trinajstić information content (AvgIpc) is 3.04. The van der Waals surface area contributed by atoms with Crippen molar-refractivity contribution in [2.45, 2.75) is 6.92 Å².